The van der Waals surface area contributed by atoms with Gasteiger partial charge in [-0.3, -0.25) is 4.79 Å². The van der Waals surface area contributed by atoms with Crippen molar-refractivity contribution in [1.29, 1.82) is 0 Å². The van der Waals surface area contributed by atoms with Crippen molar-refractivity contribution in [2.45, 2.75) is 26.5 Å². The molecule has 1 heterocycles. The van der Waals surface area contributed by atoms with Gasteiger partial charge in [0.2, 0.25) is 5.89 Å². The molecule has 2 rings (SSSR count). The number of carbonyl (C=O) groups is 1. The van der Waals surface area contributed by atoms with Crippen LogP contribution in [0.1, 0.15) is 40.7 Å². The number of nitrogens with zero attached hydrogens (tertiary/aromatic N) is 3. The van der Waals surface area contributed by atoms with Crippen LogP contribution < -0.4 is 5.73 Å². The minimum atomic E-state index is -0.255. The highest BCUT2D eigenvalue weighted by Crippen LogP contribution is 2.16. The van der Waals surface area contributed by atoms with Crippen molar-refractivity contribution in [2.24, 2.45) is 0 Å². The number of carbonyl (C=O) groups excluding carboxylic acids is 1. The Balaban J connectivity index is 2.11. The van der Waals surface area contributed by atoms with E-state index in [0.717, 1.165) is 5.56 Å². The second-order valence-corrected chi connectivity index (χ2v) is 5.16. The number of nitrogens with two attached hydrogens (primary N) is 1. The van der Waals surface area contributed by atoms with Gasteiger partial charge in [0, 0.05) is 25.4 Å². The zero-order chi connectivity index (χ0) is 16.3. The van der Waals surface area contributed by atoms with Crippen molar-refractivity contribution < 1.29 is 14.1 Å². The van der Waals surface area contributed by atoms with Crippen LogP contribution in [0.3, 0.4) is 0 Å². The van der Waals surface area contributed by atoms with E-state index in [2.05, 4.69) is 10.1 Å². The zero-order valence-corrected chi connectivity index (χ0v) is 13.2. The highest BCUT2D eigenvalue weighted by molar-refractivity contribution is 5.96. The Morgan fingerprint density at radius 1 is 1.50 bits per heavy atom. The van der Waals surface area contributed by atoms with Gasteiger partial charge >= 0.3 is 0 Å². The Hall–Kier alpha value is -2.41. The third-order valence-electron chi connectivity index (χ3n) is 3.41. The maximum atomic E-state index is 12.5. The summed E-state index contributed by atoms with van der Waals surface area (Å²) in [7, 11) is 3.24. The Morgan fingerprint density at radius 2 is 2.23 bits per heavy atom. The lowest BCUT2D eigenvalue weighted by Crippen LogP contribution is -2.27. The molecule has 1 aromatic carbocycles. The van der Waals surface area contributed by atoms with E-state index in [1.165, 1.54) is 4.90 Å². The van der Waals surface area contributed by atoms with Crippen LogP contribution in [0.15, 0.2) is 22.7 Å². The second kappa shape index (κ2) is 6.57. The molecule has 1 unspecified atom stereocenters. The standard InChI is InChI=1S/C15H20N4O3/c1-9-5-6-11(16)7-12(9)15(20)19(3)8-13-17-14(18-22-13)10(2)21-4/h5-7,10H,8,16H2,1-4H3. The van der Waals surface area contributed by atoms with Crippen LogP contribution in [0.2, 0.25) is 0 Å². The van der Waals surface area contributed by atoms with Crippen molar-refractivity contribution in [3.05, 3.63) is 41.0 Å². The SMILES string of the molecule is COC(C)c1noc(CN(C)C(=O)c2cc(N)ccc2C)n1. The van der Waals surface area contributed by atoms with Crippen LogP contribution in [-0.2, 0) is 11.3 Å². The molecule has 1 aromatic heterocycles. The summed E-state index contributed by atoms with van der Waals surface area (Å²) in [5.74, 6) is 0.666. The molecule has 1 atom stereocenters. The third-order valence-corrected chi connectivity index (χ3v) is 3.41. The number of nitrogen functional groups attached to an aromatic ring is 1. The number of amides is 1. The minimum Gasteiger partial charge on any atom is -0.399 e. The minimum absolute atomic E-state index is 0.149. The van der Waals surface area contributed by atoms with Crippen LogP contribution in [0.5, 0.6) is 0 Å². The average Bonchev–Trinajstić information content (AvgIpc) is 2.96. The normalized spacial score (nSPS) is 12.2. The van der Waals surface area contributed by atoms with Crippen molar-refractivity contribution in [3.8, 4) is 0 Å². The summed E-state index contributed by atoms with van der Waals surface area (Å²) in [6.07, 6.45) is -0.255. The molecular formula is C15H20N4O3. The number of methoxy groups -OCH3 is 1. The molecule has 0 saturated heterocycles. The fraction of sp³-hybridized carbons (Fsp3) is 0.400. The summed E-state index contributed by atoms with van der Waals surface area (Å²) >= 11 is 0. The summed E-state index contributed by atoms with van der Waals surface area (Å²) < 4.78 is 10.3. The van der Waals surface area contributed by atoms with Gasteiger partial charge in [0.05, 0.1) is 6.54 Å². The van der Waals surface area contributed by atoms with Crippen molar-refractivity contribution in [1.82, 2.24) is 15.0 Å². The Kier molecular flexibility index (Phi) is 4.77. The lowest BCUT2D eigenvalue weighted by Gasteiger charge is -2.16. The van der Waals surface area contributed by atoms with Gasteiger partial charge in [-0.25, -0.2) is 0 Å². The molecule has 7 heteroatoms. The molecule has 0 bridgehead atoms. The molecule has 0 aliphatic heterocycles. The molecule has 0 spiro atoms. The van der Waals surface area contributed by atoms with Crippen LogP contribution >= 0.6 is 0 Å². The molecule has 7 nitrogen and oxygen atoms in total. The fourth-order valence-corrected chi connectivity index (χ4v) is 1.95. The van der Waals surface area contributed by atoms with E-state index in [-0.39, 0.29) is 18.6 Å². The first-order valence-electron chi connectivity index (χ1n) is 6.89. The predicted molar refractivity (Wildman–Crippen MR) is 81.1 cm³/mol. The first kappa shape index (κ1) is 16.0. The van der Waals surface area contributed by atoms with E-state index < -0.39 is 0 Å². The van der Waals surface area contributed by atoms with Gasteiger partial charge in [-0.05, 0) is 31.5 Å². The van der Waals surface area contributed by atoms with Gasteiger partial charge in [-0.2, -0.15) is 4.98 Å². The molecule has 0 radical (unpaired) electrons. The molecule has 0 fully saturated rings. The van der Waals surface area contributed by atoms with E-state index in [9.17, 15) is 4.79 Å². The zero-order valence-electron chi connectivity index (χ0n) is 13.2. The molecule has 2 N–H and O–H groups in total. The van der Waals surface area contributed by atoms with Gasteiger partial charge < -0.3 is 19.9 Å². The van der Waals surface area contributed by atoms with E-state index >= 15 is 0 Å². The molecule has 1 amide bonds. The van der Waals surface area contributed by atoms with Gasteiger partial charge in [0.15, 0.2) is 5.82 Å². The summed E-state index contributed by atoms with van der Waals surface area (Å²) in [6, 6.07) is 5.25. The number of rotatable bonds is 5. The van der Waals surface area contributed by atoms with Gasteiger partial charge in [-0.15, -0.1) is 0 Å². The predicted octanol–water partition coefficient (Wildman–Crippen LogP) is 1.94. The van der Waals surface area contributed by atoms with E-state index in [1.54, 1.807) is 26.3 Å². The van der Waals surface area contributed by atoms with Crippen LogP contribution in [0.4, 0.5) is 5.69 Å². The second-order valence-electron chi connectivity index (χ2n) is 5.16. The monoisotopic (exact) mass is 304 g/mol. The van der Waals surface area contributed by atoms with Crippen LogP contribution in [0, 0.1) is 6.92 Å². The lowest BCUT2D eigenvalue weighted by molar-refractivity contribution is 0.0768. The molecule has 118 valence electrons. The van der Waals surface area contributed by atoms with Crippen molar-refractivity contribution in [2.75, 3.05) is 19.9 Å². The first-order chi connectivity index (χ1) is 10.4. The maximum Gasteiger partial charge on any atom is 0.254 e. The highest BCUT2D eigenvalue weighted by Gasteiger charge is 2.19. The van der Waals surface area contributed by atoms with Crippen molar-refractivity contribution in [3.63, 3.8) is 0 Å². The largest absolute Gasteiger partial charge is 0.399 e. The summed E-state index contributed by atoms with van der Waals surface area (Å²) in [5.41, 5.74) is 7.73. The van der Waals surface area contributed by atoms with Gasteiger partial charge in [0.1, 0.15) is 6.10 Å². The number of aryl methyl sites for hydroxylation is 1. The quantitative estimate of drug-likeness (QED) is 0.848. The number of anilines is 1. The van der Waals surface area contributed by atoms with E-state index in [1.807, 2.05) is 19.9 Å². The van der Waals surface area contributed by atoms with Gasteiger partial charge in [0.25, 0.3) is 5.91 Å². The van der Waals surface area contributed by atoms with E-state index in [0.29, 0.717) is 23.0 Å². The number of hydrogen-bond acceptors (Lipinski definition) is 6. The summed E-state index contributed by atoms with van der Waals surface area (Å²) in [5, 5.41) is 3.83. The smallest absolute Gasteiger partial charge is 0.254 e. The Morgan fingerprint density at radius 3 is 2.91 bits per heavy atom. The molecule has 22 heavy (non-hydrogen) atoms. The Bertz CT molecular complexity index is 669. The van der Waals surface area contributed by atoms with Gasteiger partial charge in [-0.1, -0.05) is 11.2 Å². The molecule has 0 aliphatic rings. The Labute approximate surface area is 129 Å². The maximum absolute atomic E-state index is 12.5. The lowest BCUT2D eigenvalue weighted by atomic mass is 10.1. The van der Waals surface area contributed by atoms with E-state index in [4.69, 9.17) is 15.0 Å². The summed E-state index contributed by atoms with van der Waals surface area (Å²) in [4.78, 5) is 18.2. The molecular weight excluding hydrogens is 284 g/mol. The summed E-state index contributed by atoms with van der Waals surface area (Å²) in [6.45, 7) is 3.90. The topological polar surface area (TPSA) is 94.5 Å². The first-order valence-corrected chi connectivity index (χ1v) is 6.89. The number of hydrogen-bond donors (Lipinski definition) is 1. The van der Waals surface area contributed by atoms with Crippen LogP contribution in [-0.4, -0.2) is 35.1 Å². The average molecular weight is 304 g/mol. The highest BCUT2D eigenvalue weighted by atomic mass is 16.5. The third kappa shape index (κ3) is 3.43. The molecule has 2 aromatic rings. The van der Waals surface area contributed by atoms with Crippen molar-refractivity contribution >= 4 is 11.6 Å². The fourth-order valence-electron chi connectivity index (χ4n) is 1.95. The number of ether oxygens (including phenoxy) is 1. The molecule has 0 saturated carbocycles. The molecule has 0 aliphatic carbocycles. The number of aromatic nitrogens is 2. The van der Waals surface area contributed by atoms with Crippen LogP contribution in [0.25, 0.3) is 0 Å². The number of benzene rings is 1.